The lowest BCUT2D eigenvalue weighted by Gasteiger charge is -2.31. The van der Waals surface area contributed by atoms with Gasteiger partial charge in [-0.15, -0.1) is 0 Å². The highest BCUT2D eigenvalue weighted by Gasteiger charge is 2.20. The van der Waals surface area contributed by atoms with Crippen LogP contribution in [0, 0.1) is 0 Å². The molecule has 0 saturated heterocycles. The van der Waals surface area contributed by atoms with E-state index in [0.29, 0.717) is 11.9 Å². The van der Waals surface area contributed by atoms with Gasteiger partial charge in [-0.1, -0.05) is 32.0 Å². The smallest absolute Gasteiger partial charge is 0.224 e. The highest BCUT2D eigenvalue weighted by molar-refractivity contribution is 5.49. The zero-order chi connectivity index (χ0) is 17.3. The molecule has 0 aliphatic carbocycles. The summed E-state index contributed by atoms with van der Waals surface area (Å²) < 4.78 is 0. The zero-order valence-electron chi connectivity index (χ0n) is 14.9. The molecule has 5 heteroatoms. The van der Waals surface area contributed by atoms with E-state index in [1.54, 1.807) is 0 Å². The van der Waals surface area contributed by atoms with E-state index in [1.807, 2.05) is 20.0 Å². The first kappa shape index (κ1) is 16.7. The molecule has 0 unspecified atom stereocenters. The Morgan fingerprint density at radius 3 is 2.58 bits per heavy atom. The van der Waals surface area contributed by atoms with Crippen LogP contribution in [0.3, 0.4) is 0 Å². The second-order valence-corrected chi connectivity index (χ2v) is 6.75. The third kappa shape index (κ3) is 3.36. The third-order valence-electron chi connectivity index (χ3n) is 4.60. The van der Waals surface area contributed by atoms with Gasteiger partial charge in [0, 0.05) is 26.2 Å². The molecule has 1 aromatic carbocycles. The molecule has 0 saturated carbocycles. The van der Waals surface area contributed by atoms with Crippen molar-refractivity contribution >= 4 is 11.8 Å². The largest absolute Gasteiger partial charge is 0.389 e. The van der Waals surface area contributed by atoms with Gasteiger partial charge in [0.05, 0.1) is 11.8 Å². The van der Waals surface area contributed by atoms with E-state index >= 15 is 0 Å². The molecule has 5 nitrogen and oxygen atoms in total. The number of anilines is 2. The van der Waals surface area contributed by atoms with Crippen LogP contribution in [0.4, 0.5) is 11.8 Å². The maximum Gasteiger partial charge on any atom is 0.224 e. The molecule has 0 fully saturated rings. The Kier molecular flexibility index (Phi) is 4.71. The number of rotatable bonds is 4. The minimum atomic E-state index is -0.415. The standard InChI is InChI=1S/C19H26N4O/c1-12(2)17-10-18(22-19(20-4)21-17)23-8-7-15-9-14(13(3)24)5-6-16(15)11-23/h5-6,9-10,12-13,24H,7-8,11H2,1-4H3,(H,20,21,22)/t13-/m1/s1. The predicted molar refractivity (Wildman–Crippen MR) is 97.5 cm³/mol. The molecule has 128 valence electrons. The molecule has 1 aromatic heterocycles. The SMILES string of the molecule is CNc1nc(C(C)C)cc(N2CCc3cc([C@@H](C)O)ccc3C2)n1. The summed E-state index contributed by atoms with van der Waals surface area (Å²) >= 11 is 0. The summed E-state index contributed by atoms with van der Waals surface area (Å²) in [4.78, 5) is 11.5. The summed E-state index contributed by atoms with van der Waals surface area (Å²) in [6, 6.07) is 8.38. The van der Waals surface area contributed by atoms with Gasteiger partial charge in [0.2, 0.25) is 5.95 Å². The first-order valence-corrected chi connectivity index (χ1v) is 8.59. The van der Waals surface area contributed by atoms with E-state index in [4.69, 9.17) is 0 Å². The fourth-order valence-corrected chi connectivity index (χ4v) is 3.05. The van der Waals surface area contributed by atoms with Gasteiger partial charge < -0.3 is 15.3 Å². The van der Waals surface area contributed by atoms with Crippen LogP contribution in [-0.2, 0) is 13.0 Å². The van der Waals surface area contributed by atoms with Crippen molar-refractivity contribution in [3.63, 3.8) is 0 Å². The van der Waals surface area contributed by atoms with Crippen molar-refractivity contribution in [1.29, 1.82) is 0 Å². The Balaban J connectivity index is 1.89. The maximum absolute atomic E-state index is 9.76. The first-order valence-electron chi connectivity index (χ1n) is 8.59. The predicted octanol–water partition coefficient (Wildman–Crippen LogP) is 3.26. The Morgan fingerprint density at radius 2 is 1.92 bits per heavy atom. The Morgan fingerprint density at radius 1 is 1.12 bits per heavy atom. The molecule has 24 heavy (non-hydrogen) atoms. The van der Waals surface area contributed by atoms with Crippen LogP contribution in [0.2, 0.25) is 0 Å². The molecular weight excluding hydrogens is 300 g/mol. The number of fused-ring (bicyclic) bond motifs is 1. The first-order chi connectivity index (χ1) is 11.5. The number of nitrogens with zero attached hydrogens (tertiary/aromatic N) is 3. The van der Waals surface area contributed by atoms with E-state index in [0.717, 1.165) is 36.6 Å². The summed E-state index contributed by atoms with van der Waals surface area (Å²) in [5.41, 5.74) is 4.68. The summed E-state index contributed by atoms with van der Waals surface area (Å²) in [6.07, 6.45) is 0.549. The van der Waals surface area contributed by atoms with Crippen LogP contribution in [0.1, 0.15) is 55.2 Å². The monoisotopic (exact) mass is 326 g/mol. The van der Waals surface area contributed by atoms with Gasteiger partial charge in [-0.25, -0.2) is 4.98 Å². The number of aliphatic hydroxyl groups is 1. The number of nitrogens with one attached hydrogen (secondary N) is 1. The molecule has 3 rings (SSSR count). The van der Waals surface area contributed by atoms with Gasteiger partial charge in [0.15, 0.2) is 0 Å². The molecule has 0 bridgehead atoms. The van der Waals surface area contributed by atoms with Crippen molar-refractivity contribution in [2.45, 2.75) is 45.8 Å². The summed E-state index contributed by atoms with van der Waals surface area (Å²) in [5.74, 6) is 2.01. The Labute approximate surface area is 143 Å². The van der Waals surface area contributed by atoms with Crippen LogP contribution in [0.25, 0.3) is 0 Å². The van der Waals surface area contributed by atoms with E-state index in [2.05, 4.69) is 52.2 Å². The Bertz CT molecular complexity index is 727. The lowest BCUT2D eigenvalue weighted by Crippen LogP contribution is -2.31. The quantitative estimate of drug-likeness (QED) is 0.903. The fraction of sp³-hybridized carbons (Fsp3) is 0.474. The molecule has 2 N–H and O–H groups in total. The lowest BCUT2D eigenvalue weighted by molar-refractivity contribution is 0.199. The number of hydrogen-bond acceptors (Lipinski definition) is 5. The average molecular weight is 326 g/mol. The number of hydrogen-bond donors (Lipinski definition) is 2. The summed E-state index contributed by atoms with van der Waals surface area (Å²) in [5, 5.41) is 12.8. The van der Waals surface area contributed by atoms with Gasteiger partial charge in [-0.2, -0.15) is 4.98 Å². The van der Waals surface area contributed by atoms with Gasteiger partial charge in [-0.3, -0.25) is 0 Å². The van der Waals surface area contributed by atoms with Crippen molar-refractivity contribution in [2.24, 2.45) is 0 Å². The number of aliphatic hydroxyl groups excluding tert-OH is 1. The maximum atomic E-state index is 9.76. The van der Waals surface area contributed by atoms with Crippen molar-refractivity contribution in [2.75, 3.05) is 23.8 Å². The zero-order valence-corrected chi connectivity index (χ0v) is 14.9. The van der Waals surface area contributed by atoms with Gasteiger partial charge in [0.1, 0.15) is 5.82 Å². The molecule has 0 spiro atoms. The number of benzene rings is 1. The molecule has 2 aromatic rings. The lowest BCUT2D eigenvalue weighted by atomic mass is 9.96. The molecule has 1 atom stereocenters. The van der Waals surface area contributed by atoms with Crippen molar-refractivity contribution < 1.29 is 5.11 Å². The van der Waals surface area contributed by atoms with E-state index in [-0.39, 0.29) is 0 Å². The molecule has 0 radical (unpaired) electrons. The highest BCUT2D eigenvalue weighted by Crippen LogP contribution is 2.27. The molecule has 2 heterocycles. The van der Waals surface area contributed by atoms with Crippen molar-refractivity contribution in [3.8, 4) is 0 Å². The van der Waals surface area contributed by atoms with Crippen LogP contribution in [-0.4, -0.2) is 28.7 Å². The normalized spacial score (nSPS) is 15.3. The second-order valence-electron chi connectivity index (χ2n) is 6.75. The van der Waals surface area contributed by atoms with Gasteiger partial charge in [0.25, 0.3) is 0 Å². The third-order valence-corrected chi connectivity index (χ3v) is 4.60. The van der Waals surface area contributed by atoms with Gasteiger partial charge >= 0.3 is 0 Å². The highest BCUT2D eigenvalue weighted by atomic mass is 16.3. The van der Waals surface area contributed by atoms with E-state index < -0.39 is 6.10 Å². The second kappa shape index (κ2) is 6.77. The molecule has 1 aliphatic heterocycles. The van der Waals surface area contributed by atoms with Gasteiger partial charge in [-0.05, 0) is 36.0 Å². The van der Waals surface area contributed by atoms with Crippen molar-refractivity contribution in [3.05, 3.63) is 46.6 Å². The molecular formula is C19H26N4O. The molecule has 0 amide bonds. The van der Waals surface area contributed by atoms with Crippen LogP contribution >= 0.6 is 0 Å². The number of aromatic nitrogens is 2. The van der Waals surface area contributed by atoms with Crippen LogP contribution < -0.4 is 10.2 Å². The molecule has 1 aliphatic rings. The van der Waals surface area contributed by atoms with Crippen molar-refractivity contribution in [1.82, 2.24) is 9.97 Å². The average Bonchev–Trinajstić information content (AvgIpc) is 2.60. The minimum Gasteiger partial charge on any atom is -0.389 e. The minimum absolute atomic E-state index is 0.365. The topological polar surface area (TPSA) is 61.3 Å². The van der Waals surface area contributed by atoms with E-state index in [1.165, 1.54) is 11.1 Å². The fourth-order valence-electron chi connectivity index (χ4n) is 3.05. The van der Waals surface area contributed by atoms with Crippen LogP contribution in [0.15, 0.2) is 24.3 Å². The van der Waals surface area contributed by atoms with E-state index in [9.17, 15) is 5.11 Å². The summed E-state index contributed by atoms with van der Waals surface area (Å²) in [7, 11) is 1.85. The van der Waals surface area contributed by atoms with Crippen LogP contribution in [0.5, 0.6) is 0 Å². The summed E-state index contributed by atoms with van der Waals surface area (Å²) in [6.45, 7) is 7.87. The Hall–Kier alpha value is -2.14.